The van der Waals surface area contributed by atoms with E-state index in [1.54, 1.807) is 0 Å². The van der Waals surface area contributed by atoms with Crippen molar-refractivity contribution in [1.82, 2.24) is 5.32 Å². The van der Waals surface area contributed by atoms with E-state index in [1.807, 2.05) is 0 Å². The number of alkyl halides is 4. The lowest BCUT2D eigenvalue weighted by Gasteiger charge is -2.15. The fourth-order valence-corrected chi connectivity index (χ4v) is 0.395. The molecule has 0 aliphatic rings. The van der Waals surface area contributed by atoms with E-state index in [0.717, 1.165) is 0 Å². The molecular weight excluding hydrogens is 208 g/mol. The third kappa shape index (κ3) is 4.09. The summed E-state index contributed by atoms with van der Waals surface area (Å²) in [5.41, 5.74) is -0.986. The molecule has 2 nitrogen and oxygen atoms in total. The van der Waals surface area contributed by atoms with Gasteiger partial charge in [0.05, 0.1) is 0 Å². The van der Waals surface area contributed by atoms with E-state index < -0.39 is 9.29 Å². The number of nitrogens with one attached hydrogen (secondary N) is 1. The highest BCUT2D eigenvalue weighted by Gasteiger charge is 2.29. The first-order valence-electron chi connectivity index (χ1n) is 1.89. The van der Waals surface area contributed by atoms with Crippen molar-refractivity contribution in [2.24, 2.45) is 0 Å². The average molecular weight is 211 g/mol. The van der Waals surface area contributed by atoms with Crippen molar-refractivity contribution < 1.29 is 4.79 Å². The number of carbonyl (C=O) groups is 1. The van der Waals surface area contributed by atoms with Crippen LogP contribution in [0.5, 0.6) is 0 Å². The minimum Gasteiger partial charge on any atom is -0.339 e. The first kappa shape index (κ1) is 9.63. The fraction of sp³-hybridized carbons (Fsp3) is 0.667. The molecule has 1 atom stereocenters. The zero-order valence-electron chi connectivity index (χ0n) is 4.07. The van der Waals surface area contributed by atoms with Gasteiger partial charge in [0.1, 0.15) is 0 Å². The molecule has 1 unspecified atom stereocenters. The summed E-state index contributed by atoms with van der Waals surface area (Å²) in [5.74, 6) is 0. The minimum absolute atomic E-state index is 0.361. The maximum Gasteiger partial charge on any atom is 0.224 e. The molecule has 0 aromatic rings. The van der Waals surface area contributed by atoms with Crippen molar-refractivity contribution in [2.75, 3.05) is 0 Å². The average Bonchev–Trinajstić information content (AvgIpc) is 1.64. The van der Waals surface area contributed by atoms with Gasteiger partial charge < -0.3 is 5.32 Å². The van der Waals surface area contributed by atoms with E-state index in [-0.39, 0.29) is 0 Å². The number of amides is 1. The molecule has 9 heavy (non-hydrogen) atoms. The van der Waals surface area contributed by atoms with Gasteiger partial charge in [0.15, 0.2) is 5.50 Å². The molecule has 0 rings (SSSR count). The summed E-state index contributed by atoms with van der Waals surface area (Å²) in [7, 11) is 0. The third-order valence-corrected chi connectivity index (χ3v) is 1.94. The molecule has 0 radical (unpaired) electrons. The van der Waals surface area contributed by atoms with Gasteiger partial charge in [0.25, 0.3) is 0 Å². The number of carbonyl (C=O) groups excluding carboxylic acids is 1. The van der Waals surface area contributed by atoms with Crippen molar-refractivity contribution in [3.05, 3.63) is 0 Å². The molecule has 0 spiro atoms. The van der Waals surface area contributed by atoms with E-state index in [4.69, 9.17) is 46.4 Å². The molecule has 0 aliphatic carbocycles. The van der Waals surface area contributed by atoms with Crippen LogP contribution < -0.4 is 5.32 Å². The normalized spacial score (nSPS) is 14.7. The zero-order chi connectivity index (χ0) is 7.49. The lowest BCUT2D eigenvalue weighted by molar-refractivity contribution is -0.109. The molecular formula is C3H3Cl4NO. The molecule has 6 heteroatoms. The van der Waals surface area contributed by atoms with Crippen LogP contribution in [0.15, 0.2) is 0 Å². The van der Waals surface area contributed by atoms with Crippen LogP contribution >= 0.6 is 46.4 Å². The Morgan fingerprint density at radius 3 is 2.00 bits per heavy atom. The molecule has 0 aliphatic heterocycles. The van der Waals surface area contributed by atoms with E-state index in [9.17, 15) is 4.79 Å². The largest absolute Gasteiger partial charge is 0.339 e. The standard InChI is InChI=1S/C3H3Cl4NO/c4-2(8-1-9)3(5,6)7/h1-2H,(H,8,9). The van der Waals surface area contributed by atoms with Gasteiger partial charge >= 0.3 is 0 Å². The highest BCUT2D eigenvalue weighted by molar-refractivity contribution is 6.70. The van der Waals surface area contributed by atoms with Crippen LogP contribution in [0, 0.1) is 0 Å². The molecule has 0 heterocycles. The predicted molar refractivity (Wildman–Crippen MR) is 39.1 cm³/mol. The molecule has 1 N–H and O–H groups in total. The Kier molecular flexibility index (Phi) is 3.97. The summed E-state index contributed by atoms with van der Waals surface area (Å²) in [4.78, 5) is 9.69. The van der Waals surface area contributed by atoms with Gasteiger partial charge in [0.2, 0.25) is 10.2 Å². The van der Waals surface area contributed by atoms with Gasteiger partial charge in [-0.05, 0) is 0 Å². The molecule has 0 fully saturated rings. The monoisotopic (exact) mass is 209 g/mol. The fourth-order valence-electron chi connectivity index (χ4n) is 0.154. The maximum atomic E-state index is 9.69. The smallest absolute Gasteiger partial charge is 0.224 e. The third-order valence-electron chi connectivity index (χ3n) is 0.502. The lowest BCUT2D eigenvalue weighted by Crippen LogP contribution is -2.34. The van der Waals surface area contributed by atoms with Crippen molar-refractivity contribution in [2.45, 2.75) is 9.29 Å². The van der Waals surface area contributed by atoms with Gasteiger partial charge in [-0.15, -0.1) is 0 Å². The molecule has 0 saturated heterocycles. The number of hydrogen-bond acceptors (Lipinski definition) is 1. The Balaban J connectivity index is 3.72. The molecule has 0 bridgehead atoms. The van der Waals surface area contributed by atoms with Gasteiger partial charge in [0, 0.05) is 0 Å². The van der Waals surface area contributed by atoms with E-state index >= 15 is 0 Å². The summed E-state index contributed by atoms with van der Waals surface area (Å²) >= 11 is 21.0. The summed E-state index contributed by atoms with van der Waals surface area (Å²) in [6.45, 7) is 0. The Labute approximate surface area is 72.4 Å². The quantitative estimate of drug-likeness (QED) is 0.420. The lowest BCUT2D eigenvalue weighted by atomic mass is 10.7. The van der Waals surface area contributed by atoms with Gasteiger partial charge in [-0.1, -0.05) is 46.4 Å². The SMILES string of the molecule is O=CNC(Cl)C(Cl)(Cl)Cl. The highest BCUT2D eigenvalue weighted by atomic mass is 35.6. The van der Waals surface area contributed by atoms with Crippen LogP contribution in [-0.4, -0.2) is 15.7 Å². The second-order valence-electron chi connectivity index (χ2n) is 1.19. The van der Waals surface area contributed by atoms with Gasteiger partial charge in [-0.3, -0.25) is 4.79 Å². The first-order valence-corrected chi connectivity index (χ1v) is 3.46. The van der Waals surface area contributed by atoms with Crippen LogP contribution in [0.2, 0.25) is 0 Å². The van der Waals surface area contributed by atoms with E-state index in [0.29, 0.717) is 6.41 Å². The number of rotatable bonds is 2. The summed E-state index contributed by atoms with van der Waals surface area (Å²) < 4.78 is -1.65. The Bertz CT molecular complexity index is 100. The van der Waals surface area contributed by atoms with Crippen LogP contribution in [0.1, 0.15) is 0 Å². The molecule has 54 valence electrons. The molecule has 0 aromatic heterocycles. The second-order valence-corrected chi connectivity index (χ2v) is 3.99. The van der Waals surface area contributed by atoms with E-state index in [1.165, 1.54) is 0 Å². The van der Waals surface area contributed by atoms with Crippen LogP contribution in [0.3, 0.4) is 0 Å². The van der Waals surface area contributed by atoms with Crippen LogP contribution in [-0.2, 0) is 4.79 Å². The summed E-state index contributed by atoms with van der Waals surface area (Å²) in [6, 6.07) is 0. The van der Waals surface area contributed by atoms with Crippen molar-refractivity contribution >= 4 is 52.8 Å². The first-order chi connectivity index (χ1) is 3.98. The minimum atomic E-state index is -1.65. The van der Waals surface area contributed by atoms with Gasteiger partial charge in [-0.25, -0.2) is 0 Å². The number of hydrogen-bond donors (Lipinski definition) is 1. The second kappa shape index (κ2) is 3.71. The maximum absolute atomic E-state index is 9.69. The van der Waals surface area contributed by atoms with Crippen LogP contribution in [0.4, 0.5) is 0 Å². The Morgan fingerprint density at radius 1 is 1.44 bits per heavy atom. The van der Waals surface area contributed by atoms with Crippen molar-refractivity contribution in [3.63, 3.8) is 0 Å². The molecule has 0 saturated carbocycles. The van der Waals surface area contributed by atoms with Crippen molar-refractivity contribution in [1.29, 1.82) is 0 Å². The van der Waals surface area contributed by atoms with Crippen molar-refractivity contribution in [3.8, 4) is 0 Å². The Hall–Kier alpha value is 0.630. The summed E-state index contributed by atoms with van der Waals surface area (Å²) in [6.07, 6.45) is 0.361. The molecule has 0 aromatic carbocycles. The highest BCUT2D eigenvalue weighted by Crippen LogP contribution is 2.31. The predicted octanol–water partition coefficient (Wildman–Crippen LogP) is 1.67. The van der Waals surface area contributed by atoms with Gasteiger partial charge in [-0.2, -0.15) is 0 Å². The van der Waals surface area contributed by atoms with Crippen LogP contribution in [0.25, 0.3) is 0 Å². The topological polar surface area (TPSA) is 29.1 Å². The number of halogens is 4. The zero-order valence-corrected chi connectivity index (χ0v) is 7.10. The van der Waals surface area contributed by atoms with E-state index in [2.05, 4.69) is 5.32 Å². The Morgan fingerprint density at radius 2 is 1.89 bits per heavy atom. The summed E-state index contributed by atoms with van der Waals surface area (Å²) in [5, 5.41) is 2.07. The molecule has 1 amide bonds.